The number of rotatable bonds is 13. The van der Waals surface area contributed by atoms with Gasteiger partial charge < -0.3 is 30.1 Å². The minimum absolute atomic E-state index is 0.0377. The van der Waals surface area contributed by atoms with Crippen molar-refractivity contribution < 1.29 is 39.2 Å². The zero-order valence-corrected chi connectivity index (χ0v) is 25.8. The van der Waals surface area contributed by atoms with Gasteiger partial charge in [-0.1, -0.05) is 72.8 Å². The number of nitrogens with one attached hydrogen (secondary N) is 1. The Morgan fingerprint density at radius 1 is 0.804 bits per heavy atom. The molecule has 4 aromatic carbocycles. The van der Waals surface area contributed by atoms with Gasteiger partial charge in [0.2, 0.25) is 5.91 Å². The topological polar surface area (TPSA) is 142 Å². The molecule has 3 unspecified atom stereocenters. The van der Waals surface area contributed by atoms with Crippen molar-refractivity contribution in [3.05, 3.63) is 125 Å². The number of ether oxygens (including phenoxy) is 2. The molecule has 238 valence electrons. The number of aliphatic hydroxyl groups excluding tert-OH is 1. The second-order valence-corrected chi connectivity index (χ2v) is 12.0. The van der Waals surface area contributed by atoms with E-state index in [-0.39, 0.29) is 49.7 Å². The van der Waals surface area contributed by atoms with Gasteiger partial charge >= 0.3 is 11.9 Å². The Bertz CT molecular complexity index is 1640. The zero-order valence-electron chi connectivity index (χ0n) is 25.0. The second-order valence-electron chi connectivity index (χ2n) is 10.9. The largest absolute Gasteiger partial charge is 0.481 e. The van der Waals surface area contributed by atoms with Gasteiger partial charge in [0, 0.05) is 35.6 Å². The fourth-order valence-electron chi connectivity index (χ4n) is 5.18. The van der Waals surface area contributed by atoms with Gasteiger partial charge in [-0.2, -0.15) is 0 Å². The number of carboxylic acids is 2. The number of thioether (sulfide) groups is 1. The average molecular weight is 642 g/mol. The van der Waals surface area contributed by atoms with Gasteiger partial charge in [0.1, 0.15) is 0 Å². The standard InChI is InChI=1S/C36H35NO8S/c38-21-23-5-7-25(8-6-23)32-19-29(22-46-30-15-13-26(14-16-30)35(42)43)44-36(45-32)27-11-9-24(10-12-27)31-4-2-1-3-28(31)20-37-33(39)17-18-34(40)41/h1-16,29,32,36,38H,17-22H2,(H,37,39)(H,40,41)(H,42,43). The van der Waals surface area contributed by atoms with Gasteiger partial charge in [-0.3, -0.25) is 9.59 Å². The van der Waals surface area contributed by atoms with Crippen LogP contribution in [-0.2, 0) is 32.2 Å². The third kappa shape index (κ3) is 8.82. The van der Waals surface area contributed by atoms with E-state index in [1.54, 1.807) is 36.0 Å². The van der Waals surface area contributed by atoms with Gasteiger partial charge in [-0.05, 0) is 52.1 Å². The molecular weight excluding hydrogens is 606 g/mol. The van der Waals surface area contributed by atoms with E-state index in [2.05, 4.69) is 5.32 Å². The molecule has 0 spiro atoms. The highest BCUT2D eigenvalue weighted by Crippen LogP contribution is 2.40. The summed E-state index contributed by atoms with van der Waals surface area (Å²) in [5, 5.41) is 30.3. The highest BCUT2D eigenvalue weighted by molar-refractivity contribution is 7.99. The van der Waals surface area contributed by atoms with E-state index in [1.807, 2.05) is 72.8 Å². The van der Waals surface area contributed by atoms with Crippen LogP contribution >= 0.6 is 11.8 Å². The van der Waals surface area contributed by atoms with Crippen molar-refractivity contribution in [3.63, 3.8) is 0 Å². The molecule has 0 aromatic heterocycles. The summed E-state index contributed by atoms with van der Waals surface area (Å²) in [6, 6.07) is 30.1. The second kappa shape index (κ2) is 15.7. The summed E-state index contributed by atoms with van der Waals surface area (Å²) in [4.78, 5) is 35.1. The summed E-state index contributed by atoms with van der Waals surface area (Å²) in [6.07, 6.45) is -0.689. The van der Waals surface area contributed by atoms with E-state index < -0.39 is 18.2 Å². The van der Waals surface area contributed by atoms with Gasteiger partial charge in [0.05, 0.1) is 30.8 Å². The summed E-state index contributed by atoms with van der Waals surface area (Å²) in [5.74, 6) is -1.65. The predicted molar refractivity (Wildman–Crippen MR) is 173 cm³/mol. The molecule has 5 rings (SSSR count). The first-order valence-electron chi connectivity index (χ1n) is 14.9. The molecule has 1 aliphatic rings. The number of hydrogen-bond donors (Lipinski definition) is 4. The van der Waals surface area contributed by atoms with Crippen LogP contribution in [0.4, 0.5) is 0 Å². The first-order chi connectivity index (χ1) is 22.3. The van der Waals surface area contributed by atoms with Crippen molar-refractivity contribution in [2.45, 2.75) is 55.8 Å². The molecule has 1 fully saturated rings. The van der Waals surface area contributed by atoms with Crippen molar-refractivity contribution in [1.29, 1.82) is 0 Å². The molecule has 0 saturated carbocycles. The third-order valence-electron chi connectivity index (χ3n) is 7.71. The number of carboxylic acid groups (broad SMARTS) is 2. The van der Waals surface area contributed by atoms with E-state index in [0.29, 0.717) is 12.2 Å². The summed E-state index contributed by atoms with van der Waals surface area (Å²) in [7, 11) is 0. The lowest BCUT2D eigenvalue weighted by Gasteiger charge is -2.36. The van der Waals surface area contributed by atoms with Gasteiger partial charge in [0.15, 0.2) is 6.29 Å². The van der Waals surface area contributed by atoms with Crippen LogP contribution in [0, 0.1) is 0 Å². The van der Waals surface area contributed by atoms with Gasteiger partial charge in [-0.25, -0.2) is 4.79 Å². The Morgan fingerprint density at radius 2 is 1.50 bits per heavy atom. The monoisotopic (exact) mass is 641 g/mol. The van der Waals surface area contributed by atoms with Gasteiger partial charge in [-0.15, -0.1) is 11.8 Å². The SMILES string of the molecule is O=C(O)CCC(=O)NCc1ccccc1-c1ccc(C2OC(CSc3ccc(C(=O)O)cc3)CC(c3ccc(CO)cc3)O2)cc1. The fourth-order valence-corrected chi connectivity index (χ4v) is 6.11. The number of hydrogen-bond acceptors (Lipinski definition) is 7. The van der Waals surface area contributed by atoms with E-state index >= 15 is 0 Å². The van der Waals surface area contributed by atoms with Crippen molar-refractivity contribution >= 4 is 29.6 Å². The molecule has 46 heavy (non-hydrogen) atoms. The number of carbonyl (C=O) groups is 3. The first-order valence-corrected chi connectivity index (χ1v) is 15.9. The maximum atomic E-state index is 12.1. The van der Waals surface area contributed by atoms with Crippen LogP contribution in [0.3, 0.4) is 0 Å². The summed E-state index contributed by atoms with van der Waals surface area (Å²) >= 11 is 1.59. The minimum atomic E-state index is -1.01. The van der Waals surface area contributed by atoms with Crippen molar-refractivity contribution in [2.75, 3.05) is 5.75 Å². The molecule has 3 atom stereocenters. The maximum Gasteiger partial charge on any atom is 0.335 e. The van der Waals surface area contributed by atoms with E-state index in [9.17, 15) is 24.6 Å². The number of aliphatic carboxylic acids is 1. The molecule has 1 aliphatic heterocycles. The summed E-state index contributed by atoms with van der Waals surface area (Å²) in [5.41, 5.74) is 5.70. The lowest BCUT2D eigenvalue weighted by atomic mass is 9.97. The van der Waals surface area contributed by atoms with Crippen LogP contribution in [0.25, 0.3) is 11.1 Å². The number of aromatic carboxylic acids is 1. The fraction of sp³-hybridized carbons (Fsp3) is 0.250. The molecular formula is C36H35NO8S. The molecule has 4 aromatic rings. The smallest absolute Gasteiger partial charge is 0.335 e. The quantitative estimate of drug-likeness (QED) is 0.123. The van der Waals surface area contributed by atoms with Crippen LogP contribution in [0.15, 0.2) is 102 Å². The number of amides is 1. The number of aliphatic hydroxyl groups is 1. The van der Waals surface area contributed by atoms with E-state index in [1.165, 1.54) is 0 Å². The van der Waals surface area contributed by atoms with Crippen molar-refractivity contribution in [1.82, 2.24) is 5.32 Å². The highest BCUT2D eigenvalue weighted by atomic mass is 32.2. The molecule has 10 heteroatoms. The molecule has 1 amide bonds. The Kier molecular flexibility index (Phi) is 11.2. The zero-order chi connectivity index (χ0) is 32.5. The molecule has 0 aliphatic carbocycles. The predicted octanol–water partition coefficient (Wildman–Crippen LogP) is 6.36. The number of carbonyl (C=O) groups excluding carboxylic acids is 1. The maximum absolute atomic E-state index is 12.1. The molecule has 1 heterocycles. The molecule has 4 N–H and O–H groups in total. The average Bonchev–Trinajstić information content (AvgIpc) is 3.09. The van der Waals surface area contributed by atoms with Crippen LogP contribution < -0.4 is 5.32 Å². The number of benzene rings is 4. The molecule has 0 radical (unpaired) electrons. The molecule has 0 bridgehead atoms. The normalized spacial score (nSPS) is 17.7. The van der Waals surface area contributed by atoms with E-state index in [4.69, 9.17) is 14.6 Å². The Morgan fingerprint density at radius 3 is 2.17 bits per heavy atom. The Labute approximate surface area is 271 Å². The summed E-state index contributed by atoms with van der Waals surface area (Å²) < 4.78 is 12.9. The lowest BCUT2D eigenvalue weighted by molar-refractivity contribution is -0.245. The van der Waals surface area contributed by atoms with Crippen LogP contribution in [0.5, 0.6) is 0 Å². The lowest BCUT2D eigenvalue weighted by Crippen LogP contribution is -2.31. The van der Waals surface area contributed by atoms with Crippen LogP contribution in [0.1, 0.15) is 64.3 Å². The first kappa shape index (κ1) is 32.9. The van der Waals surface area contributed by atoms with Gasteiger partial charge in [0.25, 0.3) is 0 Å². The van der Waals surface area contributed by atoms with Crippen molar-refractivity contribution in [2.24, 2.45) is 0 Å². The van der Waals surface area contributed by atoms with E-state index in [0.717, 1.165) is 38.3 Å². The van der Waals surface area contributed by atoms with Crippen molar-refractivity contribution in [3.8, 4) is 11.1 Å². The summed E-state index contributed by atoms with van der Waals surface area (Å²) in [6.45, 7) is 0.240. The molecule has 1 saturated heterocycles. The van der Waals surface area contributed by atoms with Crippen LogP contribution in [-0.4, -0.2) is 45.0 Å². The third-order valence-corrected chi connectivity index (χ3v) is 8.85. The minimum Gasteiger partial charge on any atom is -0.481 e. The highest BCUT2D eigenvalue weighted by Gasteiger charge is 2.32. The Balaban J connectivity index is 1.31. The Hall–Kier alpha value is -4.48. The van der Waals surface area contributed by atoms with Crippen LogP contribution in [0.2, 0.25) is 0 Å². The molecule has 9 nitrogen and oxygen atoms in total.